The Labute approximate surface area is 169 Å². The maximum Gasteiger partial charge on any atom is 0.215 e. The number of pyridine rings is 1. The van der Waals surface area contributed by atoms with E-state index in [1.807, 2.05) is 54.4 Å². The predicted octanol–water partition coefficient (Wildman–Crippen LogP) is 4.43. The molecule has 2 atom stereocenters. The fraction of sp³-hybridized carbons (Fsp3) is 0.217. The van der Waals surface area contributed by atoms with Gasteiger partial charge in [-0.15, -0.1) is 0 Å². The summed E-state index contributed by atoms with van der Waals surface area (Å²) in [4.78, 5) is 4.25. The minimum atomic E-state index is -0.425. The van der Waals surface area contributed by atoms with Crippen LogP contribution in [0.4, 0.5) is 0 Å². The molecule has 0 aliphatic carbocycles. The highest BCUT2D eigenvalue weighted by molar-refractivity contribution is 6.04. The number of phenolic OH excluding ortho intramolecular Hbond substituents is 1. The second kappa shape index (κ2) is 7.13. The zero-order valence-electron chi connectivity index (χ0n) is 16.0. The van der Waals surface area contributed by atoms with Crippen molar-refractivity contribution in [3.8, 4) is 17.2 Å². The number of para-hydroxylation sites is 2. The largest absolute Gasteiger partial charge is 0.507 e. The first-order valence-electron chi connectivity index (χ1n) is 9.72. The van der Waals surface area contributed by atoms with E-state index in [0.29, 0.717) is 13.0 Å². The third-order valence-electron chi connectivity index (χ3n) is 5.26. The van der Waals surface area contributed by atoms with Crippen LogP contribution in [0, 0.1) is 0 Å². The summed E-state index contributed by atoms with van der Waals surface area (Å²) in [5.41, 5.74) is 3.52. The van der Waals surface area contributed by atoms with Crippen LogP contribution in [0.5, 0.6) is 17.2 Å². The van der Waals surface area contributed by atoms with Crippen LogP contribution in [0.2, 0.25) is 0 Å². The summed E-state index contributed by atoms with van der Waals surface area (Å²) in [6.45, 7) is 2.52. The van der Waals surface area contributed by atoms with E-state index in [9.17, 15) is 5.11 Å². The van der Waals surface area contributed by atoms with E-state index in [1.165, 1.54) is 0 Å². The van der Waals surface area contributed by atoms with Gasteiger partial charge >= 0.3 is 0 Å². The maximum absolute atomic E-state index is 10.3. The highest BCUT2D eigenvalue weighted by Crippen LogP contribution is 2.50. The van der Waals surface area contributed by atoms with Crippen molar-refractivity contribution in [3.05, 3.63) is 83.7 Å². The van der Waals surface area contributed by atoms with E-state index in [-0.39, 0.29) is 11.8 Å². The molecular weight excluding hydrogens is 366 g/mol. The molecule has 0 saturated heterocycles. The van der Waals surface area contributed by atoms with Gasteiger partial charge in [0.05, 0.1) is 18.4 Å². The van der Waals surface area contributed by atoms with Crippen LogP contribution in [-0.4, -0.2) is 27.4 Å². The molecule has 6 heteroatoms. The summed E-state index contributed by atoms with van der Waals surface area (Å²) in [5, 5.41) is 17.2. The van der Waals surface area contributed by atoms with E-state index in [0.717, 1.165) is 33.9 Å². The van der Waals surface area contributed by atoms with Gasteiger partial charge in [0.1, 0.15) is 5.75 Å². The second-order valence-electron chi connectivity index (χ2n) is 7.03. The normalized spacial score (nSPS) is 19.8. The molecule has 3 aromatic rings. The molecule has 2 aromatic carbocycles. The van der Waals surface area contributed by atoms with Crippen molar-refractivity contribution in [2.75, 3.05) is 6.61 Å². The van der Waals surface area contributed by atoms with Crippen LogP contribution in [0.3, 0.4) is 0 Å². The lowest BCUT2D eigenvalue weighted by atomic mass is 9.95. The van der Waals surface area contributed by atoms with Crippen LogP contribution in [-0.2, 0) is 0 Å². The molecule has 2 aliphatic heterocycles. The molecule has 0 amide bonds. The number of phenols is 1. The number of hydrogen-bond acceptors (Lipinski definition) is 6. The van der Waals surface area contributed by atoms with E-state index in [1.54, 1.807) is 18.5 Å². The van der Waals surface area contributed by atoms with Crippen LogP contribution in [0.15, 0.2) is 72.1 Å². The molecule has 0 spiro atoms. The number of fused-ring (bicyclic) bond motifs is 3. The predicted molar refractivity (Wildman–Crippen MR) is 109 cm³/mol. The Morgan fingerprint density at radius 1 is 1.14 bits per heavy atom. The molecule has 146 valence electrons. The van der Waals surface area contributed by atoms with E-state index >= 15 is 0 Å². The Morgan fingerprint density at radius 2 is 2.03 bits per heavy atom. The van der Waals surface area contributed by atoms with Crippen LogP contribution < -0.4 is 9.47 Å². The van der Waals surface area contributed by atoms with Gasteiger partial charge in [0.25, 0.3) is 0 Å². The monoisotopic (exact) mass is 387 g/mol. The Morgan fingerprint density at radius 3 is 2.83 bits per heavy atom. The number of aromatic nitrogens is 1. The molecular formula is C23H21N3O3. The third-order valence-corrected chi connectivity index (χ3v) is 5.26. The van der Waals surface area contributed by atoms with Crippen molar-refractivity contribution in [1.82, 2.24) is 9.99 Å². The zero-order valence-corrected chi connectivity index (χ0v) is 16.0. The Hall–Kier alpha value is -3.54. The average molecular weight is 387 g/mol. The summed E-state index contributed by atoms with van der Waals surface area (Å²) < 4.78 is 12.3. The second-order valence-corrected chi connectivity index (χ2v) is 7.03. The van der Waals surface area contributed by atoms with E-state index in [4.69, 9.17) is 14.6 Å². The summed E-state index contributed by atoms with van der Waals surface area (Å²) >= 11 is 0. The molecule has 0 fully saturated rings. The molecule has 5 rings (SSSR count). The zero-order chi connectivity index (χ0) is 19.8. The first kappa shape index (κ1) is 17.6. The third kappa shape index (κ3) is 2.97. The van der Waals surface area contributed by atoms with E-state index < -0.39 is 6.23 Å². The number of hydrazone groups is 1. The molecule has 3 heterocycles. The van der Waals surface area contributed by atoms with Crippen molar-refractivity contribution in [2.24, 2.45) is 5.10 Å². The molecule has 29 heavy (non-hydrogen) atoms. The minimum Gasteiger partial charge on any atom is -0.507 e. The fourth-order valence-corrected chi connectivity index (χ4v) is 3.98. The maximum atomic E-state index is 10.3. The molecule has 2 unspecified atom stereocenters. The average Bonchev–Trinajstić information content (AvgIpc) is 3.20. The van der Waals surface area contributed by atoms with E-state index in [2.05, 4.69) is 11.1 Å². The smallest absolute Gasteiger partial charge is 0.215 e. The Kier molecular flexibility index (Phi) is 4.31. The summed E-state index contributed by atoms with van der Waals surface area (Å²) in [5.74, 6) is 1.71. The highest BCUT2D eigenvalue weighted by Gasteiger charge is 2.42. The number of aromatic hydroxyl groups is 1. The number of nitrogens with zero attached hydrogens (tertiary/aromatic N) is 3. The number of ether oxygens (including phenoxy) is 2. The molecule has 1 aromatic heterocycles. The number of hydrogen-bond donors (Lipinski definition) is 1. The number of rotatable bonds is 4. The Bertz CT molecular complexity index is 1070. The van der Waals surface area contributed by atoms with Gasteiger partial charge in [0, 0.05) is 35.5 Å². The van der Waals surface area contributed by atoms with Gasteiger partial charge in [-0.25, -0.2) is 5.01 Å². The molecule has 1 N–H and O–H groups in total. The molecule has 2 aliphatic rings. The van der Waals surface area contributed by atoms with Gasteiger partial charge in [0.15, 0.2) is 11.5 Å². The highest BCUT2D eigenvalue weighted by atomic mass is 16.5. The summed E-state index contributed by atoms with van der Waals surface area (Å²) in [6.07, 6.45) is 3.78. The fourth-order valence-electron chi connectivity index (χ4n) is 3.98. The molecule has 0 radical (unpaired) electrons. The lowest BCUT2D eigenvalue weighted by molar-refractivity contribution is -0.0214. The quantitative estimate of drug-likeness (QED) is 0.717. The van der Waals surface area contributed by atoms with Crippen LogP contribution in [0.1, 0.15) is 42.3 Å². The lowest BCUT2D eigenvalue weighted by Gasteiger charge is -2.38. The molecule has 6 nitrogen and oxygen atoms in total. The number of benzene rings is 2. The van der Waals surface area contributed by atoms with Crippen molar-refractivity contribution in [2.45, 2.75) is 25.6 Å². The van der Waals surface area contributed by atoms with Crippen molar-refractivity contribution < 1.29 is 14.6 Å². The van der Waals surface area contributed by atoms with Gasteiger partial charge in [-0.3, -0.25) is 4.98 Å². The van der Waals surface area contributed by atoms with Crippen molar-refractivity contribution >= 4 is 5.71 Å². The van der Waals surface area contributed by atoms with Crippen LogP contribution >= 0.6 is 0 Å². The van der Waals surface area contributed by atoms with Gasteiger partial charge in [-0.05, 0) is 31.2 Å². The first-order chi connectivity index (χ1) is 14.3. The van der Waals surface area contributed by atoms with Gasteiger partial charge < -0.3 is 14.6 Å². The standard InChI is InChI=1S/C23H21N3O3/c1-2-28-21-11-5-9-17-19-13-18(16-8-3-4-10-20(16)27)25-26(19)23(29-22(17)21)15-7-6-12-24-14-15/h3-12,14,19,23,27H,2,13H2,1H3. The lowest BCUT2D eigenvalue weighted by Crippen LogP contribution is -2.34. The molecule has 0 bridgehead atoms. The van der Waals surface area contributed by atoms with Gasteiger partial charge in [0.2, 0.25) is 6.23 Å². The van der Waals surface area contributed by atoms with Crippen molar-refractivity contribution in [1.29, 1.82) is 0 Å². The Balaban J connectivity index is 1.63. The van der Waals surface area contributed by atoms with Gasteiger partial charge in [-0.2, -0.15) is 5.10 Å². The minimum absolute atomic E-state index is 0.0148. The first-order valence-corrected chi connectivity index (χ1v) is 9.72. The summed E-state index contributed by atoms with van der Waals surface area (Å²) in [7, 11) is 0. The van der Waals surface area contributed by atoms with Gasteiger partial charge in [-0.1, -0.05) is 30.3 Å². The molecule has 0 saturated carbocycles. The topological polar surface area (TPSA) is 67.2 Å². The SMILES string of the molecule is CCOc1cccc2c1OC(c1cccnc1)N1N=C(c3ccccc3O)CC21. The summed E-state index contributed by atoms with van der Waals surface area (Å²) in [6, 6.07) is 17.1. The van der Waals surface area contributed by atoms with Crippen LogP contribution in [0.25, 0.3) is 0 Å². The van der Waals surface area contributed by atoms with Crippen molar-refractivity contribution in [3.63, 3.8) is 0 Å².